The molecule has 0 aromatic carbocycles. The minimum absolute atomic E-state index is 0.164. The molecule has 0 aliphatic rings. The zero-order valence-electron chi connectivity index (χ0n) is 12.9. The molecule has 0 aliphatic heterocycles. The van der Waals surface area contributed by atoms with E-state index >= 15 is 0 Å². The summed E-state index contributed by atoms with van der Waals surface area (Å²) in [7, 11) is 1.26. The van der Waals surface area contributed by atoms with Crippen molar-refractivity contribution in [2.75, 3.05) is 7.05 Å². The fourth-order valence-electron chi connectivity index (χ4n) is 1.57. The van der Waals surface area contributed by atoms with Crippen molar-refractivity contribution in [3.63, 3.8) is 0 Å². The summed E-state index contributed by atoms with van der Waals surface area (Å²) < 4.78 is 42.9. The molecule has 0 fully saturated rings. The number of alkyl halides is 3. The van der Waals surface area contributed by atoms with Crippen LogP contribution in [0.3, 0.4) is 0 Å². The second-order valence-corrected chi connectivity index (χ2v) is 5.97. The molecule has 9 heteroatoms. The van der Waals surface area contributed by atoms with Gasteiger partial charge >= 0.3 is 12.3 Å². The van der Waals surface area contributed by atoms with Gasteiger partial charge in [0.05, 0.1) is 5.69 Å². The SMILES string of the molecule is CN(C(=O)OC(C)(C)C)C(C)(C=O)c1cc(C(F)(F)F)n[nH]1. The number of carbonyl (C=O) groups is 2. The van der Waals surface area contributed by atoms with E-state index in [1.165, 1.54) is 14.0 Å². The Bertz CT molecular complexity index is 563. The number of aromatic amines is 1. The number of ether oxygens (including phenoxy) is 1. The molecule has 0 spiro atoms. The molecule has 22 heavy (non-hydrogen) atoms. The Hall–Kier alpha value is -2.06. The Morgan fingerprint density at radius 1 is 1.32 bits per heavy atom. The van der Waals surface area contributed by atoms with Crippen molar-refractivity contribution in [1.29, 1.82) is 0 Å². The number of rotatable bonds is 3. The molecule has 1 N–H and O–H groups in total. The van der Waals surface area contributed by atoms with Crippen LogP contribution in [0, 0.1) is 0 Å². The predicted octanol–water partition coefficient (Wildman–Crippen LogP) is 2.71. The van der Waals surface area contributed by atoms with E-state index in [4.69, 9.17) is 4.74 Å². The summed E-state index contributed by atoms with van der Waals surface area (Å²) >= 11 is 0. The molecule has 6 nitrogen and oxygen atoms in total. The zero-order chi connectivity index (χ0) is 17.3. The minimum Gasteiger partial charge on any atom is -0.444 e. The topological polar surface area (TPSA) is 75.3 Å². The van der Waals surface area contributed by atoms with Crippen LogP contribution in [0.15, 0.2) is 6.07 Å². The Kier molecular flexibility index (Phi) is 4.59. The fraction of sp³-hybridized carbons (Fsp3) is 0.615. The molecule has 0 bridgehead atoms. The molecule has 0 saturated carbocycles. The number of nitrogens with one attached hydrogen (secondary N) is 1. The third kappa shape index (κ3) is 3.77. The van der Waals surface area contributed by atoms with Crippen LogP contribution in [0.25, 0.3) is 0 Å². The number of halogens is 3. The maximum Gasteiger partial charge on any atom is 0.435 e. The van der Waals surface area contributed by atoms with Crippen molar-refractivity contribution in [1.82, 2.24) is 15.1 Å². The van der Waals surface area contributed by atoms with E-state index < -0.39 is 29.1 Å². The van der Waals surface area contributed by atoms with Crippen LogP contribution in [0.2, 0.25) is 0 Å². The third-order valence-corrected chi connectivity index (χ3v) is 3.01. The van der Waals surface area contributed by atoms with E-state index in [1.807, 2.05) is 0 Å². The van der Waals surface area contributed by atoms with E-state index in [9.17, 15) is 22.8 Å². The summed E-state index contributed by atoms with van der Waals surface area (Å²) in [6.07, 6.45) is -5.14. The Morgan fingerprint density at radius 2 is 1.86 bits per heavy atom. The first-order valence-corrected chi connectivity index (χ1v) is 6.37. The van der Waals surface area contributed by atoms with Crippen LogP contribution in [0.5, 0.6) is 0 Å². The second kappa shape index (κ2) is 5.62. The van der Waals surface area contributed by atoms with Crippen LogP contribution in [-0.4, -0.2) is 40.1 Å². The molecule has 124 valence electrons. The summed E-state index contributed by atoms with van der Waals surface area (Å²) in [5.74, 6) is 0. The molecule has 0 aliphatic carbocycles. The standard InChI is InChI=1S/C13H18F3N3O3/c1-11(2,3)22-10(21)19(5)12(4,7-20)8-6-9(18-17-8)13(14,15)16/h6-7H,1-5H3,(H,17,18). The predicted molar refractivity (Wildman–Crippen MR) is 71.0 cm³/mol. The first kappa shape index (κ1) is 18.0. The number of nitrogens with zero attached hydrogens (tertiary/aromatic N) is 2. The van der Waals surface area contributed by atoms with Crippen LogP contribution in [0.4, 0.5) is 18.0 Å². The van der Waals surface area contributed by atoms with E-state index in [0.717, 1.165) is 4.90 Å². The summed E-state index contributed by atoms with van der Waals surface area (Å²) in [6.45, 7) is 6.19. The monoisotopic (exact) mass is 321 g/mol. The van der Waals surface area contributed by atoms with Gasteiger partial charge in [-0.25, -0.2) is 4.79 Å². The lowest BCUT2D eigenvalue weighted by molar-refractivity contribution is -0.141. The van der Waals surface area contributed by atoms with Gasteiger partial charge in [0.25, 0.3) is 0 Å². The number of hydrogen-bond donors (Lipinski definition) is 1. The zero-order valence-corrected chi connectivity index (χ0v) is 12.9. The molecule has 1 aromatic heterocycles. The summed E-state index contributed by atoms with van der Waals surface area (Å²) in [5.41, 5.74) is -3.81. The van der Waals surface area contributed by atoms with Crippen molar-refractivity contribution in [3.05, 3.63) is 17.5 Å². The van der Waals surface area contributed by atoms with Crippen LogP contribution in [-0.2, 0) is 21.2 Å². The lowest BCUT2D eigenvalue weighted by Crippen LogP contribution is -2.48. The van der Waals surface area contributed by atoms with Gasteiger partial charge in [-0.1, -0.05) is 0 Å². The average molecular weight is 321 g/mol. The van der Waals surface area contributed by atoms with Crippen LogP contribution < -0.4 is 0 Å². The number of amides is 1. The van der Waals surface area contributed by atoms with Gasteiger partial charge in [-0.05, 0) is 33.8 Å². The van der Waals surface area contributed by atoms with Crippen molar-refractivity contribution >= 4 is 12.4 Å². The first-order chi connectivity index (χ1) is 9.81. The molecule has 1 heterocycles. The maximum atomic E-state index is 12.6. The summed E-state index contributed by atoms with van der Waals surface area (Å²) in [6, 6.07) is 0.690. The smallest absolute Gasteiger partial charge is 0.435 e. The molecule has 1 amide bonds. The van der Waals surface area contributed by atoms with Gasteiger partial charge in [-0.3, -0.25) is 10.00 Å². The number of carbonyl (C=O) groups excluding carboxylic acids is 2. The van der Waals surface area contributed by atoms with Gasteiger partial charge in [0.2, 0.25) is 0 Å². The fourth-order valence-corrected chi connectivity index (χ4v) is 1.57. The van der Waals surface area contributed by atoms with Gasteiger partial charge in [-0.2, -0.15) is 18.3 Å². The van der Waals surface area contributed by atoms with E-state index in [0.29, 0.717) is 12.4 Å². The van der Waals surface area contributed by atoms with Crippen LogP contribution >= 0.6 is 0 Å². The van der Waals surface area contributed by atoms with Gasteiger partial charge < -0.3 is 9.53 Å². The van der Waals surface area contributed by atoms with Crippen molar-refractivity contribution < 1.29 is 27.5 Å². The number of hydrogen-bond acceptors (Lipinski definition) is 4. The maximum absolute atomic E-state index is 12.6. The highest BCUT2D eigenvalue weighted by atomic mass is 19.4. The lowest BCUT2D eigenvalue weighted by atomic mass is 9.98. The number of H-pyrrole nitrogens is 1. The second-order valence-electron chi connectivity index (χ2n) is 5.97. The molecule has 1 aromatic rings. The Morgan fingerprint density at radius 3 is 2.23 bits per heavy atom. The Labute approximate surface area is 125 Å². The van der Waals surface area contributed by atoms with Crippen molar-refractivity contribution in [2.45, 2.75) is 45.0 Å². The molecule has 0 saturated heterocycles. The minimum atomic E-state index is -4.65. The first-order valence-electron chi connectivity index (χ1n) is 6.37. The molecule has 1 unspecified atom stereocenters. The normalized spacial score (nSPS) is 15.1. The number of aromatic nitrogens is 2. The highest BCUT2D eigenvalue weighted by Crippen LogP contribution is 2.32. The largest absolute Gasteiger partial charge is 0.444 e. The summed E-state index contributed by atoms with van der Waals surface area (Å²) in [5, 5.41) is 5.28. The number of aldehydes is 1. The molecular formula is C13H18F3N3O3. The molecule has 1 rings (SSSR count). The highest BCUT2D eigenvalue weighted by Gasteiger charge is 2.41. The third-order valence-electron chi connectivity index (χ3n) is 3.01. The van der Waals surface area contributed by atoms with E-state index in [-0.39, 0.29) is 5.69 Å². The van der Waals surface area contributed by atoms with Gasteiger partial charge in [0.1, 0.15) is 11.1 Å². The van der Waals surface area contributed by atoms with Crippen molar-refractivity contribution in [2.24, 2.45) is 0 Å². The molecular weight excluding hydrogens is 303 g/mol. The van der Waals surface area contributed by atoms with Gasteiger partial charge in [0.15, 0.2) is 12.0 Å². The van der Waals surface area contributed by atoms with Gasteiger partial charge in [-0.15, -0.1) is 0 Å². The Balaban J connectivity index is 3.13. The quantitative estimate of drug-likeness (QED) is 0.869. The van der Waals surface area contributed by atoms with E-state index in [2.05, 4.69) is 10.2 Å². The van der Waals surface area contributed by atoms with E-state index in [1.54, 1.807) is 20.8 Å². The lowest BCUT2D eigenvalue weighted by Gasteiger charge is -2.34. The van der Waals surface area contributed by atoms with Crippen LogP contribution in [0.1, 0.15) is 39.1 Å². The molecule has 1 atom stereocenters. The van der Waals surface area contributed by atoms with Crippen molar-refractivity contribution in [3.8, 4) is 0 Å². The highest BCUT2D eigenvalue weighted by molar-refractivity contribution is 5.77. The average Bonchev–Trinajstić information content (AvgIpc) is 2.84. The summed E-state index contributed by atoms with van der Waals surface area (Å²) in [4.78, 5) is 24.4. The van der Waals surface area contributed by atoms with Gasteiger partial charge in [0, 0.05) is 7.05 Å². The molecule has 0 radical (unpaired) electrons. The number of likely N-dealkylation sites (N-methyl/N-ethyl adjacent to an activating group) is 1.